The van der Waals surface area contributed by atoms with E-state index in [1.54, 1.807) is 27.0 Å². The fourth-order valence-corrected chi connectivity index (χ4v) is 2.08. The Hall–Kier alpha value is -1.46. The van der Waals surface area contributed by atoms with Gasteiger partial charge in [0.25, 0.3) is 0 Å². The number of hydrogen-bond donors (Lipinski definition) is 1. The van der Waals surface area contributed by atoms with Crippen LogP contribution in [0.1, 0.15) is 31.3 Å². The van der Waals surface area contributed by atoms with Crippen LogP contribution >= 0.6 is 23.2 Å². The van der Waals surface area contributed by atoms with E-state index in [0.29, 0.717) is 15.7 Å². The number of nitrogen functional groups attached to an aromatic ring is 1. The van der Waals surface area contributed by atoms with Gasteiger partial charge < -0.3 is 10.5 Å². The largest absolute Gasteiger partial charge is 0.455 e. The molecule has 2 aromatic rings. The number of hydrogen-bond acceptors (Lipinski definition) is 4. The van der Waals surface area contributed by atoms with Crippen molar-refractivity contribution >= 4 is 40.6 Å². The molecule has 2 rings (SSSR count). The SMILES string of the molecule is CC(C)(C)OC(=O)c1nc2c(Cl)cc(Cl)cn2c1N. The molecule has 0 atom stereocenters. The molecule has 0 amide bonds. The molecule has 2 N–H and O–H groups in total. The second kappa shape index (κ2) is 4.58. The van der Waals surface area contributed by atoms with E-state index < -0.39 is 11.6 Å². The number of fused-ring (bicyclic) bond motifs is 1. The average molecular weight is 302 g/mol. The van der Waals surface area contributed by atoms with Gasteiger partial charge in [-0.15, -0.1) is 0 Å². The zero-order valence-electron chi connectivity index (χ0n) is 10.7. The maximum absolute atomic E-state index is 12.0. The molecule has 0 spiro atoms. The minimum absolute atomic E-state index is 0.0269. The van der Waals surface area contributed by atoms with E-state index in [9.17, 15) is 4.79 Å². The van der Waals surface area contributed by atoms with Crippen LogP contribution in [0.2, 0.25) is 10.0 Å². The number of halogens is 2. The normalized spacial score (nSPS) is 11.8. The first-order valence-electron chi connectivity index (χ1n) is 5.55. The van der Waals surface area contributed by atoms with Crippen LogP contribution in [0.3, 0.4) is 0 Å². The zero-order chi connectivity index (χ0) is 14.4. The van der Waals surface area contributed by atoms with Crippen LogP contribution in [0.25, 0.3) is 5.65 Å². The van der Waals surface area contributed by atoms with Crippen LogP contribution in [-0.4, -0.2) is 21.0 Å². The molecule has 0 saturated heterocycles. The quantitative estimate of drug-likeness (QED) is 0.821. The number of carbonyl (C=O) groups is 1. The second-order valence-electron chi connectivity index (χ2n) is 5.05. The Kier molecular flexibility index (Phi) is 3.36. The highest BCUT2D eigenvalue weighted by Crippen LogP contribution is 2.26. The lowest BCUT2D eigenvalue weighted by Gasteiger charge is -2.18. The molecule has 0 fully saturated rings. The predicted molar refractivity (Wildman–Crippen MR) is 74.8 cm³/mol. The van der Waals surface area contributed by atoms with Crippen molar-refractivity contribution in [2.24, 2.45) is 0 Å². The summed E-state index contributed by atoms with van der Waals surface area (Å²) in [6.07, 6.45) is 1.54. The zero-order valence-corrected chi connectivity index (χ0v) is 12.2. The molecule has 0 aromatic carbocycles. The highest BCUT2D eigenvalue weighted by Gasteiger charge is 2.24. The molecule has 19 heavy (non-hydrogen) atoms. The topological polar surface area (TPSA) is 69.6 Å². The Balaban J connectivity index is 2.54. The standard InChI is InChI=1S/C12H13Cl2N3O2/c1-12(2,3)19-11(18)8-9(15)17-5-6(13)4-7(14)10(17)16-8/h4-5H,15H2,1-3H3. The van der Waals surface area contributed by atoms with Crippen LogP contribution in [0.5, 0.6) is 0 Å². The number of esters is 1. The lowest BCUT2D eigenvalue weighted by Crippen LogP contribution is -2.24. The second-order valence-corrected chi connectivity index (χ2v) is 5.89. The van der Waals surface area contributed by atoms with Crippen molar-refractivity contribution in [3.8, 4) is 0 Å². The van der Waals surface area contributed by atoms with Crippen LogP contribution in [0.4, 0.5) is 5.82 Å². The van der Waals surface area contributed by atoms with Gasteiger partial charge in [-0.25, -0.2) is 9.78 Å². The molecular formula is C12H13Cl2N3O2. The van der Waals surface area contributed by atoms with Crippen molar-refractivity contribution in [3.63, 3.8) is 0 Å². The Labute approximate surface area is 120 Å². The number of imidazole rings is 1. The smallest absolute Gasteiger partial charge is 0.361 e. The molecule has 7 heteroatoms. The molecule has 0 saturated carbocycles. The number of nitrogens with zero attached hydrogens (tertiary/aromatic N) is 2. The van der Waals surface area contributed by atoms with E-state index in [1.165, 1.54) is 10.5 Å². The maximum atomic E-state index is 12.0. The van der Waals surface area contributed by atoms with Gasteiger partial charge in [0.15, 0.2) is 11.3 Å². The van der Waals surface area contributed by atoms with Crippen molar-refractivity contribution < 1.29 is 9.53 Å². The van der Waals surface area contributed by atoms with E-state index in [-0.39, 0.29) is 11.5 Å². The molecule has 5 nitrogen and oxygen atoms in total. The van der Waals surface area contributed by atoms with Crippen LogP contribution in [0.15, 0.2) is 12.3 Å². The van der Waals surface area contributed by atoms with E-state index in [2.05, 4.69) is 4.98 Å². The highest BCUT2D eigenvalue weighted by molar-refractivity contribution is 6.36. The minimum atomic E-state index is -0.624. The summed E-state index contributed by atoms with van der Waals surface area (Å²) in [6, 6.07) is 1.53. The fourth-order valence-electron chi connectivity index (χ4n) is 1.57. The molecule has 0 radical (unpaired) electrons. The third-order valence-corrected chi connectivity index (χ3v) is 2.76. The first kappa shape index (κ1) is 14.0. The molecule has 0 aliphatic heterocycles. The first-order chi connectivity index (χ1) is 8.69. The third-order valence-electron chi connectivity index (χ3n) is 2.27. The third kappa shape index (κ3) is 2.77. The van der Waals surface area contributed by atoms with Gasteiger partial charge >= 0.3 is 5.97 Å². The maximum Gasteiger partial charge on any atom is 0.361 e. The van der Waals surface area contributed by atoms with Gasteiger partial charge in [0, 0.05) is 6.20 Å². The van der Waals surface area contributed by atoms with Gasteiger partial charge in [0.05, 0.1) is 10.0 Å². The summed E-state index contributed by atoms with van der Waals surface area (Å²) in [4.78, 5) is 16.1. The van der Waals surface area contributed by atoms with Gasteiger partial charge in [0.1, 0.15) is 11.4 Å². The van der Waals surface area contributed by atoms with Gasteiger partial charge in [-0.05, 0) is 26.8 Å². The number of rotatable bonds is 1. The van der Waals surface area contributed by atoms with Crippen molar-refractivity contribution in [3.05, 3.63) is 28.0 Å². The average Bonchev–Trinajstić information content (AvgIpc) is 2.54. The van der Waals surface area contributed by atoms with Crippen molar-refractivity contribution in [2.45, 2.75) is 26.4 Å². The predicted octanol–water partition coefficient (Wildman–Crippen LogP) is 3.18. The number of anilines is 1. The van der Waals surface area contributed by atoms with Gasteiger partial charge in [0.2, 0.25) is 0 Å². The van der Waals surface area contributed by atoms with Crippen molar-refractivity contribution in [1.29, 1.82) is 0 Å². The summed E-state index contributed by atoms with van der Waals surface area (Å²) in [6.45, 7) is 5.29. The highest BCUT2D eigenvalue weighted by atomic mass is 35.5. The molecule has 0 aliphatic carbocycles. The van der Waals surface area contributed by atoms with Crippen molar-refractivity contribution in [2.75, 3.05) is 5.73 Å². The van der Waals surface area contributed by atoms with Gasteiger partial charge in [-0.1, -0.05) is 23.2 Å². The number of ether oxygens (including phenoxy) is 1. The molecule has 0 aliphatic rings. The first-order valence-corrected chi connectivity index (χ1v) is 6.30. The van der Waals surface area contributed by atoms with Crippen LogP contribution < -0.4 is 5.73 Å². The summed E-state index contributed by atoms with van der Waals surface area (Å²) in [7, 11) is 0. The van der Waals surface area contributed by atoms with E-state index >= 15 is 0 Å². The fraction of sp³-hybridized carbons (Fsp3) is 0.333. The number of nitrogens with two attached hydrogens (primary N) is 1. The summed E-state index contributed by atoms with van der Waals surface area (Å²) >= 11 is 11.9. The Morgan fingerprint density at radius 2 is 2.05 bits per heavy atom. The molecule has 0 bridgehead atoms. The van der Waals surface area contributed by atoms with Gasteiger partial charge in [-0.2, -0.15) is 0 Å². The molecule has 2 aromatic heterocycles. The van der Waals surface area contributed by atoms with E-state index in [1.807, 2.05) is 0 Å². The summed E-state index contributed by atoms with van der Waals surface area (Å²) in [5.41, 5.74) is 5.65. The van der Waals surface area contributed by atoms with Crippen molar-refractivity contribution in [1.82, 2.24) is 9.38 Å². The number of aromatic nitrogens is 2. The van der Waals surface area contributed by atoms with Gasteiger partial charge in [-0.3, -0.25) is 4.40 Å². The Morgan fingerprint density at radius 3 is 2.63 bits per heavy atom. The van der Waals surface area contributed by atoms with Crippen LogP contribution in [-0.2, 0) is 4.74 Å². The monoisotopic (exact) mass is 301 g/mol. The minimum Gasteiger partial charge on any atom is -0.455 e. The Morgan fingerprint density at radius 1 is 1.42 bits per heavy atom. The number of carbonyl (C=O) groups excluding carboxylic acids is 1. The lowest BCUT2D eigenvalue weighted by molar-refractivity contribution is 0.00650. The Bertz CT molecular complexity index is 659. The molecule has 102 valence electrons. The lowest BCUT2D eigenvalue weighted by atomic mass is 10.2. The number of pyridine rings is 1. The summed E-state index contributed by atoms with van der Waals surface area (Å²) in [5.74, 6) is -0.450. The molecule has 2 heterocycles. The molecular weight excluding hydrogens is 289 g/mol. The summed E-state index contributed by atoms with van der Waals surface area (Å²) in [5, 5.41) is 0.714. The summed E-state index contributed by atoms with van der Waals surface area (Å²) < 4.78 is 6.70. The van der Waals surface area contributed by atoms with Crippen LogP contribution in [0, 0.1) is 0 Å². The molecule has 0 unspecified atom stereocenters. The van der Waals surface area contributed by atoms with E-state index in [4.69, 9.17) is 33.7 Å². The van der Waals surface area contributed by atoms with E-state index in [0.717, 1.165) is 0 Å².